The Hall–Kier alpha value is -0.510. The lowest BCUT2D eigenvalue weighted by Crippen LogP contribution is -2.49. The second-order valence-electron chi connectivity index (χ2n) is 6.40. The third-order valence-electron chi connectivity index (χ3n) is 5.11. The first kappa shape index (κ1) is 16.9. The van der Waals surface area contributed by atoms with Crippen molar-refractivity contribution in [1.82, 2.24) is 9.80 Å². The van der Waals surface area contributed by atoms with Gasteiger partial charge in [0.2, 0.25) is 0 Å². The standard InChI is InChI=1S/C18H30N2S/c1-3-18(4-2,16-21)15-20-12-10-19(11-13-20)14-17-8-6-5-7-9-17/h5-9,21H,3-4,10-16H2,1-2H3. The van der Waals surface area contributed by atoms with Crippen LogP contribution in [0.3, 0.4) is 0 Å². The van der Waals surface area contributed by atoms with E-state index in [2.05, 4.69) is 66.6 Å². The largest absolute Gasteiger partial charge is 0.300 e. The first-order valence-electron chi connectivity index (χ1n) is 8.31. The van der Waals surface area contributed by atoms with Crippen LogP contribution in [0.4, 0.5) is 0 Å². The van der Waals surface area contributed by atoms with Gasteiger partial charge in [0.05, 0.1) is 0 Å². The molecule has 0 amide bonds. The van der Waals surface area contributed by atoms with Crippen LogP contribution in [-0.2, 0) is 6.54 Å². The number of hydrogen-bond acceptors (Lipinski definition) is 3. The zero-order chi connectivity index (χ0) is 15.1. The maximum atomic E-state index is 4.61. The summed E-state index contributed by atoms with van der Waals surface area (Å²) in [6, 6.07) is 10.8. The third kappa shape index (κ3) is 4.73. The molecule has 3 heteroatoms. The van der Waals surface area contributed by atoms with E-state index in [9.17, 15) is 0 Å². The number of benzene rings is 1. The highest BCUT2D eigenvalue weighted by Gasteiger charge is 2.28. The molecule has 2 rings (SSSR count). The van der Waals surface area contributed by atoms with Crippen molar-refractivity contribution < 1.29 is 0 Å². The highest BCUT2D eigenvalue weighted by atomic mass is 32.1. The summed E-state index contributed by atoms with van der Waals surface area (Å²) in [4.78, 5) is 5.22. The lowest BCUT2D eigenvalue weighted by atomic mass is 9.83. The van der Waals surface area contributed by atoms with E-state index in [0.717, 1.165) is 12.3 Å². The zero-order valence-corrected chi connectivity index (χ0v) is 14.5. The quantitative estimate of drug-likeness (QED) is 0.770. The minimum atomic E-state index is 0.407. The van der Waals surface area contributed by atoms with E-state index < -0.39 is 0 Å². The zero-order valence-electron chi connectivity index (χ0n) is 13.6. The van der Waals surface area contributed by atoms with Gasteiger partial charge in [0, 0.05) is 39.3 Å². The minimum Gasteiger partial charge on any atom is -0.300 e. The topological polar surface area (TPSA) is 6.48 Å². The first-order chi connectivity index (χ1) is 10.2. The normalized spacial score (nSPS) is 18.0. The van der Waals surface area contributed by atoms with Gasteiger partial charge in [-0.3, -0.25) is 4.90 Å². The Morgan fingerprint density at radius 3 is 2.05 bits per heavy atom. The van der Waals surface area contributed by atoms with Crippen LogP contribution < -0.4 is 0 Å². The van der Waals surface area contributed by atoms with E-state index >= 15 is 0 Å². The summed E-state index contributed by atoms with van der Waals surface area (Å²) in [5.74, 6) is 1.00. The van der Waals surface area contributed by atoms with Crippen molar-refractivity contribution in [3.63, 3.8) is 0 Å². The van der Waals surface area contributed by atoms with Gasteiger partial charge >= 0.3 is 0 Å². The minimum absolute atomic E-state index is 0.407. The molecule has 0 atom stereocenters. The van der Waals surface area contributed by atoms with Crippen molar-refractivity contribution in [1.29, 1.82) is 0 Å². The molecule has 0 saturated carbocycles. The molecule has 0 aromatic heterocycles. The SMILES string of the molecule is CCC(CC)(CS)CN1CCN(Cc2ccccc2)CC1. The van der Waals surface area contributed by atoms with Crippen molar-refractivity contribution in [3.05, 3.63) is 35.9 Å². The van der Waals surface area contributed by atoms with Crippen LogP contribution in [0, 0.1) is 5.41 Å². The molecule has 0 spiro atoms. The fourth-order valence-corrected chi connectivity index (χ4v) is 3.72. The van der Waals surface area contributed by atoms with Crippen LogP contribution in [0.15, 0.2) is 30.3 Å². The molecule has 0 N–H and O–H groups in total. The summed E-state index contributed by atoms with van der Waals surface area (Å²) >= 11 is 4.61. The second-order valence-corrected chi connectivity index (χ2v) is 6.72. The van der Waals surface area contributed by atoms with Gasteiger partial charge in [0.25, 0.3) is 0 Å². The molecule has 1 fully saturated rings. The number of thiol groups is 1. The smallest absolute Gasteiger partial charge is 0.0234 e. The van der Waals surface area contributed by atoms with Crippen LogP contribution in [-0.4, -0.2) is 48.3 Å². The molecule has 1 aliphatic rings. The van der Waals surface area contributed by atoms with Crippen LogP contribution in [0.2, 0.25) is 0 Å². The predicted molar refractivity (Wildman–Crippen MR) is 95.0 cm³/mol. The van der Waals surface area contributed by atoms with Crippen LogP contribution >= 0.6 is 12.6 Å². The molecular formula is C18H30N2S. The predicted octanol–water partition coefficient (Wildman–Crippen LogP) is 3.54. The van der Waals surface area contributed by atoms with Gasteiger partial charge in [-0.25, -0.2) is 0 Å². The van der Waals surface area contributed by atoms with Gasteiger partial charge in [-0.1, -0.05) is 44.2 Å². The Bertz CT molecular complexity index is 387. The van der Waals surface area contributed by atoms with E-state index in [1.54, 1.807) is 0 Å². The summed E-state index contributed by atoms with van der Waals surface area (Å²) in [6.45, 7) is 11.7. The third-order valence-corrected chi connectivity index (χ3v) is 5.78. The Balaban J connectivity index is 1.80. The van der Waals surface area contributed by atoms with Gasteiger partial charge in [0.15, 0.2) is 0 Å². The van der Waals surface area contributed by atoms with E-state index in [4.69, 9.17) is 0 Å². The summed E-state index contributed by atoms with van der Waals surface area (Å²) in [5.41, 5.74) is 1.84. The summed E-state index contributed by atoms with van der Waals surface area (Å²) in [6.07, 6.45) is 2.47. The average Bonchev–Trinajstić information content (AvgIpc) is 2.55. The van der Waals surface area contributed by atoms with Crippen molar-refractivity contribution in [2.75, 3.05) is 38.5 Å². The summed E-state index contributed by atoms with van der Waals surface area (Å²) in [7, 11) is 0. The van der Waals surface area contributed by atoms with E-state index in [-0.39, 0.29) is 0 Å². The molecule has 0 aliphatic carbocycles. The Morgan fingerprint density at radius 1 is 0.952 bits per heavy atom. The monoisotopic (exact) mass is 306 g/mol. The Labute approximate surface area is 135 Å². The first-order valence-corrected chi connectivity index (χ1v) is 8.94. The van der Waals surface area contributed by atoms with E-state index in [1.165, 1.54) is 51.1 Å². The molecule has 0 radical (unpaired) electrons. The van der Waals surface area contributed by atoms with Gasteiger partial charge < -0.3 is 4.90 Å². The van der Waals surface area contributed by atoms with Crippen LogP contribution in [0.1, 0.15) is 32.3 Å². The van der Waals surface area contributed by atoms with Gasteiger partial charge in [-0.15, -0.1) is 0 Å². The Morgan fingerprint density at radius 2 is 1.52 bits per heavy atom. The molecule has 1 heterocycles. The van der Waals surface area contributed by atoms with Gasteiger partial charge in [-0.2, -0.15) is 12.6 Å². The number of hydrogen-bond donors (Lipinski definition) is 1. The van der Waals surface area contributed by atoms with Gasteiger partial charge in [0.1, 0.15) is 0 Å². The molecular weight excluding hydrogens is 276 g/mol. The maximum Gasteiger partial charge on any atom is 0.0234 e. The number of rotatable bonds is 7. The summed E-state index contributed by atoms with van der Waals surface area (Å²) in [5, 5.41) is 0. The molecule has 0 unspecified atom stereocenters. The van der Waals surface area contributed by atoms with Crippen molar-refractivity contribution in [2.45, 2.75) is 33.2 Å². The highest BCUT2D eigenvalue weighted by Crippen LogP contribution is 2.29. The molecule has 2 nitrogen and oxygen atoms in total. The van der Waals surface area contributed by atoms with Crippen LogP contribution in [0.5, 0.6) is 0 Å². The molecule has 21 heavy (non-hydrogen) atoms. The van der Waals surface area contributed by atoms with Crippen molar-refractivity contribution in [2.24, 2.45) is 5.41 Å². The fourth-order valence-electron chi connectivity index (χ4n) is 3.17. The Kier molecular flexibility index (Phi) is 6.59. The summed E-state index contributed by atoms with van der Waals surface area (Å²) < 4.78 is 0. The lowest BCUT2D eigenvalue weighted by Gasteiger charge is -2.41. The van der Waals surface area contributed by atoms with Gasteiger partial charge in [-0.05, 0) is 29.6 Å². The second kappa shape index (κ2) is 8.21. The molecule has 118 valence electrons. The molecule has 1 aromatic rings. The van der Waals surface area contributed by atoms with E-state index in [0.29, 0.717) is 5.41 Å². The highest BCUT2D eigenvalue weighted by molar-refractivity contribution is 7.80. The van der Waals surface area contributed by atoms with E-state index in [1.807, 2.05) is 0 Å². The fraction of sp³-hybridized carbons (Fsp3) is 0.667. The molecule has 1 saturated heterocycles. The lowest BCUT2D eigenvalue weighted by molar-refractivity contribution is 0.0855. The number of nitrogens with zero attached hydrogens (tertiary/aromatic N) is 2. The molecule has 1 aliphatic heterocycles. The molecule has 1 aromatic carbocycles. The van der Waals surface area contributed by atoms with Crippen molar-refractivity contribution in [3.8, 4) is 0 Å². The average molecular weight is 307 g/mol. The molecule has 0 bridgehead atoms. The van der Waals surface area contributed by atoms with Crippen LogP contribution in [0.25, 0.3) is 0 Å². The maximum absolute atomic E-state index is 4.61. The van der Waals surface area contributed by atoms with Crippen molar-refractivity contribution >= 4 is 12.6 Å². The number of piperazine rings is 1.